The standard InChI is InChI=1S/C9H18O4S/c1-5(10)3-7-9(12)6(11)4-8(13-7)14-2/h5-12H,3-4H2,1-2H3/t5-,6+,7+,8+,9+/m0/s1. The lowest BCUT2D eigenvalue weighted by molar-refractivity contribution is -0.153. The predicted octanol–water partition coefficient (Wildman–Crippen LogP) is -0.0429. The van der Waals surface area contributed by atoms with Crippen molar-refractivity contribution < 1.29 is 20.1 Å². The third-order valence-corrected chi connectivity index (χ3v) is 3.20. The number of hydrogen-bond donors (Lipinski definition) is 3. The SMILES string of the molecule is CS[C@@H]1C[C@@H](O)[C@@H](O)[C@@H](C[C@H](C)O)O1. The first kappa shape index (κ1) is 12.3. The number of thioether (sulfide) groups is 1. The molecule has 0 amide bonds. The minimum atomic E-state index is -0.881. The highest BCUT2D eigenvalue weighted by molar-refractivity contribution is 7.99. The Morgan fingerprint density at radius 3 is 2.64 bits per heavy atom. The first-order valence-corrected chi connectivity index (χ1v) is 6.05. The molecule has 0 saturated carbocycles. The summed E-state index contributed by atoms with van der Waals surface area (Å²) >= 11 is 1.51. The second kappa shape index (κ2) is 5.32. The molecule has 4 nitrogen and oxygen atoms in total. The van der Waals surface area contributed by atoms with E-state index in [-0.39, 0.29) is 5.44 Å². The van der Waals surface area contributed by atoms with E-state index >= 15 is 0 Å². The summed E-state index contributed by atoms with van der Waals surface area (Å²) < 4.78 is 5.52. The molecule has 1 aliphatic rings. The molecular weight excluding hydrogens is 204 g/mol. The van der Waals surface area contributed by atoms with Gasteiger partial charge in [-0.2, -0.15) is 0 Å². The molecule has 0 radical (unpaired) electrons. The van der Waals surface area contributed by atoms with Crippen molar-refractivity contribution in [3.8, 4) is 0 Å². The van der Waals surface area contributed by atoms with E-state index < -0.39 is 24.4 Å². The first-order valence-electron chi connectivity index (χ1n) is 4.77. The Labute approximate surface area is 88.3 Å². The van der Waals surface area contributed by atoms with Crippen LogP contribution < -0.4 is 0 Å². The summed E-state index contributed by atoms with van der Waals surface area (Å²) in [5.74, 6) is 0. The average molecular weight is 222 g/mol. The summed E-state index contributed by atoms with van der Waals surface area (Å²) in [6.07, 6.45) is 0.0826. The number of rotatable bonds is 3. The summed E-state index contributed by atoms with van der Waals surface area (Å²) in [5.41, 5.74) is -0.0860. The molecule has 5 heteroatoms. The van der Waals surface area contributed by atoms with Crippen LogP contribution in [0.3, 0.4) is 0 Å². The van der Waals surface area contributed by atoms with E-state index in [1.165, 1.54) is 11.8 Å². The molecule has 0 spiro atoms. The van der Waals surface area contributed by atoms with Gasteiger partial charge >= 0.3 is 0 Å². The van der Waals surface area contributed by atoms with Crippen LogP contribution in [0.5, 0.6) is 0 Å². The van der Waals surface area contributed by atoms with Crippen LogP contribution in [0, 0.1) is 0 Å². The Bertz CT molecular complexity index is 176. The van der Waals surface area contributed by atoms with Crippen molar-refractivity contribution in [3.63, 3.8) is 0 Å². The Hall–Kier alpha value is 0.190. The minimum absolute atomic E-state index is 0.0860. The molecule has 0 aromatic carbocycles. The smallest absolute Gasteiger partial charge is 0.106 e. The van der Waals surface area contributed by atoms with Gasteiger partial charge < -0.3 is 20.1 Å². The lowest BCUT2D eigenvalue weighted by Crippen LogP contribution is -2.48. The second-order valence-corrected chi connectivity index (χ2v) is 4.72. The summed E-state index contributed by atoms with van der Waals surface area (Å²) in [6.45, 7) is 1.64. The lowest BCUT2D eigenvalue weighted by atomic mass is 9.98. The van der Waals surface area contributed by atoms with Gasteiger partial charge in [-0.3, -0.25) is 0 Å². The molecule has 0 aliphatic carbocycles. The Balaban J connectivity index is 2.53. The lowest BCUT2D eigenvalue weighted by Gasteiger charge is -2.37. The van der Waals surface area contributed by atoms with Crippen LogP contribution in [0.2, 0.25) is 0 Å². The van der Waals surface area contributed by atoms with Gasteiger partial charge in [0, 0.05) is 12.8 Å². The van der Waals surface area contributed by atoms with Crippen molar-refractivity contribution in [2.75, 3.05) is 6.26 Å². The van der Waals surface area contributed by atoms with Gasteiger partial charge in [0.1, 0.15) is 11.5 Å². The van der Waals surface area contributed by atoms with Crippen LogP contribution in [0.4, 0.5) is 0 Å². The van der Waals surface area contributed by atoms with E-state index in [1.54, 1.807) is 6.92 Å². The van der Waals surface area contributed by atoms with Crippen LogP contribution >= 0.6 is 11.8 Å². The summed E-state index contributed by atoms with van der Waals surface area (Å²) in [5, 5.41) is 28.3. The third kappa shape index (κ3) is 3.10. The van der Waals surface area contributed by atoms with E-state index in [0.29, 0.717) is 12.8 Å². The van der Waals surface area contributed by atoms with Gasteiger partial charge in [0.25, 0.3) is 0 Å². The second-order valence-electron chi connectivity index (χ2n) is 3.72. The van der Waals surface area contributed by atoms with Crippen molar-refractivity contribution in [1.29, 1.82) is 0 Å². The zero-order chi connectivity index (χ0) is 10.7. The van der Waals surface area contributed by atoms with Gasteiger partial charge in [-0.1, -0.05) is 0 Å². The Morgan fingerprint density at radius 1 is 1.50 bits per heavy atom. The fourth-order valence-corrected chi connectivity index (χ4v) is 2.24. The summed E-state index contributed by atoms with van der Waals surface area (Å²) in [7, 11) is 0. The average Bonchev–Trinajstić information content (AvgIpc) is 2.11. The number of hydrogen-bond acceptors (Lipinski definition) is 5. The predicted molar refractivity (Wildman–Crippen MR) is 55.1 cm³/mol. The molecule has 14 heavy (non-hydrogen) atoms. The molecule has 0 bridgehead atoms. The maximum absolute atomic E-state index is 9.60. The zero-order valence-corrected chi connectivity index (χ0v) is 9.28. The van der Waals surface area contributed by atoms with E-state index in [1.807, 2.05) is 6.26 Å². The molecule has 3 N–H and O–H groups in total. The normalized spacial score (nSPS) is 40.9. The van der Waals surface area contributed by atoms with Gasteiger partial charge in [0.15, 0.2) is 0 Å². The van der Waals surface area contributed by atoms with Gasteiger partial charge in [-0.15, -0.1) is 11.8 Å². The molecule has 0 aromatic heterocycles. The topological polar surface area (TPSA) is 69.9 Å². The molecule has 0 unspecified atom stereocenters. The van der Waals surface area contributed by atoms with E-state index in [0.717, 1.165) is 0 Å². The highest BCUT2D eigenvalue weighted by atomic mass is 32.2. The maximum atomic E-state index is 9.60. The van der Waals surface area contributed by atoms with Crippen molar-refractivity contribution >= 4 is 11.8 Å². The molecule has 1 heterocycles. The molecule has 1 aliphatic heterocycles. The monoisotopic (exact) mass is 222 g/mol. The third-order valence-electron chi connectivity index (χ3n) is 2.37. The number of aliphatic hydroxyl groups is 3. The first-order chi connectivity index (χ1) is 6.54. The van der Waals surface area contributed by atoms with Crippen molar-refractivity contribution in [1.82, 2.24) is 0 Å². The Kier molecular flexibility index (Phi) is 4.66. The molecule has 1 fully saturated rings. The van der Waals surface area contributed by atoms with Crippen LogP contribution in [0.25, 0.3) is 0 Å². The zero-order valence-electron chi connectivity index (χ0n) is 8.46. The fraction of sp³-hybridized carbons (Fsp3) is 1.00. The summed E-state index contributed by atoms with van der Waals surface area (Å²) in [6, 6.07) is 0. The molecule has 1 saturated heterocycles. The minimum Gasteiger partial charge on any atom is -0.393 e. The highest BCUT2D eigenvalue weighted by Crippen LogP contribution is 2.28. The van der Waals surface area contributed by atoms with Gasteiger partial charge in [-0.05, 0) is 13.2 Å². The van der Waals surface area contributed by atoms with Gasteiger partial charge in [0.05, 0.1) is 18.3 Å². The fourth-order valence-electron chi connectivity index (χ4n) is 1.60. The summed E-state index contributed by atoms with van der Waals surface area (Å²) in [4.78, 5) is 0. The van der Waals surface area contributed by atoms with Crippen molar-refractivity contribution in [3.05, 3.63) is 0 Å². The van der Waals surface area contributed by atoms with Gasteiger partial charge in [0.2, 0.25) is 0 Å². The van der Waals surface area contributed by atoms with Crippen LogP contribution in [0.1, 0.15) is 19.8 Å². The molecule has 1 rings (SSSR count). The molecule has 84 valence electrons. The van der Waals surface area contributed by atoms with Crippen molar-refractivity contribution in [2.24, 2.45) is 0 Å². The quantitative estimate of drug-likeness (QED) is 0.625. The van der Waals surface area contributed by atoms with Crippen LogP contribution in [-0.4, -0.2) is 51.4 Å². The molecular formula is C9H18O4S. The van der Waals surface area contributed by atoms with E-state index in [4.69, 9.17) is 4.74 Å². The highest BCUT2D eigenvalue weighted by Gasteiger charge is 2.36. The number of aliphatic hydroxyl groups excluding tert-OH is 3. The van der Waals surface area contributed by atoms with E-state index in [9.17, 15) is 15.3 Å². The molecule has 5 atom stereocenters. The number of ether oxygens (including phenoxy) is 1. The largest absolute Gasteiger partial charge is 0.393 e. The van der Waals surface area contributed by atoms with E-state index in [2.05, 4.69) is 0 Å². The maximum Gasteiger partial charge on any atom is 0.106 e. The Morgan fingerprint density at radius 2 is 2.14 bits per heavy atom. The van der Waals surface area contributed by atoms with Gasteiger partial charge in [-0.25, -0.2) is 0 Å². The van der Waals surface area contributed by atoms with Crippen molar-refractivity contribution in [2.45, 2.75) is 49.6 Å². The molecule has 0 aromatic rings. The van der Waals surface area contributed by atoms with Crippen LogP contribution in [0.15, 0.2) is 0 Å². The van der Waals surface area contributed by atoms with Crippen LogP contribution in [-0.2, 0) is 4.74 Å².